The molecule has 1 fully saturated rings. The lowest BCUT2D eigenvalue weighted by Crippen LogP contribution is -2.35. The number of fused-ring (bicyclic) bond motifs is 1. The summed E-state index contributed by atoms with van der Waals surface area (Å²) in [6.07, 6.45) is 1.66. The maximum Gasteiger partial charge on any atom is 0.279 e. The van der Waals surface area contributed by atoms with Crippen molar-refractivity contribution < 1.29 is 9.53 Å². The fourth-order valence-corrected chi connectivity index (χ4v) is 6.49. The van der Waals surface area contributed by atoms with Gasteiger partial charge in [0, 0.05) is 32.1 Å². The van der Waals surface area contributed by atoms with E-state index in [-0.39, 0.29) is 11.5 Å². The number of aromatic nitrogens is 1. The van der Waals surface area contributed by atoms with E-state index in [1.54, 1.807) is 34.6 Å². The van der Waals surface area contributed by atoms with Crippen molar-refractivity contribution in [1.29, 1.82) is 0 Å². The first-order valence-electron chi connectivity index (χ1n) is 9.62. The van der Waals surface area contributed by atoms with Gasteiger partial charge in [0.1, 0.15) is 25.7 Å². The van der Waals surface area contributed by atoms with Crippen molar-refractivity contribution in [2.45, 2.75) is 18.4 Å². The van der Waals surface area contributed by atoms with Gasteiger partial charge in [-0.15, -0.1) is 17.9 Å². The maximum absolute atomic E-state index is 13.4. The van der Waals surface area contributed by atoms with E-state index in [9.17, 15) is 9.59 Å². The summed E-state index contributed by atoms with van der Waals surface area (Å²) in [5.41, 5.74) is 1.28. The Morgan fingerprint density at radius 3 is 2.58 bits per heavy atom. The van der Waals surface area contributed by atoms with Crippen LogP contribution in [0, 0.1) is 0 Å². The van der Waals surface area contributed by atoms with Gasteiger partial charge in [-0.25, -0.2) is 0 Å². The topological polar surface area (TPSA) is 58.0 Å². The first kappa shape index (κ1) is 21.7. The second-order valence-corrected chi connectivity index (χ2v) is 9.38. The minimum atomic E-state index is -0.189. The smallest absolute Gasteiger partial charge is 0.279 e. The first-order chi connectivity index (χ1) is 14.8. The molecule has 0 radical (unpaired) electrons. The van der Waals surface area contributed by atoms with E-state index in [0.717, 1.165) is 21.4 Å². The zero-order valence-electron chi connectivity index (χ0n) is 17.7. The van der Waals surface area contributed by atoms with Gasteiger partial charge in [-0.1, -0.05) is 17.8 Å². The van der Waals surface area contributed by atoms with E-state index in [1.165, 1.54) is 23.1 Å². The predicted octanol–water partition coefficient (Wildman–Crippen LogP) is 1.60. The van der Waals surface area contributed by atoms with Crippen LogP contribution >= 0.6 is 35.3 Å². The third kappa shape index (κ3) is 3.29. The van der Waals surface area contributed by atoms with Crippen molar-refractivity contribution in [1.82, 2.24) is 14.4 Å². The number of rotatable bonds is 4. The molecule has 0 saturated carbocycles. The van der Waals surface area contributed by atoms with Crippen LogP contribution in [0.2, 0.25) is 0 Å². The number of allylic oxidation sites excluding steroid dienone is 1. The third-order valence-corrected chi connectivity index (χ3v) is 8.27. The van der Waals surface area contributed by atoms with Crippen LogP contribution in [0.3, 0.4) is 0 Å². The van der Waals surface area contributed by atoms with Gasteiger partial charge in [0.15, 0.2) is 5.11 Å². The highest BCUT2D eigenvalue weighted by molar-refractivity contribution is 8.08. The van der Waals surface area contributed by atoms with Gasteiger partial charge >= 0.3 is 0 Å². The normalized spacial score (nSPS) is 19.4. The number of anilines is 1. The van der Waals surface area contributed by atoms with E-state index in [1.807, 2.05) is 37.1 Å². The van der Waals surface area contributed by atoms with E-state index in [0.29, 0.717) is 33.1 Å². The molecule has 1 aromatic heterocycles. The van der Waals surface area contributed by atoms with Gasteiger partial charge < -0.3 is 14.5 Å². The largest absolute Gasteiger partial charge is 0.497 e. The fourth-order valence-electron chi connectivity index (χ4n) is 3.63. The van der Waals surface area contributed by atoms with Crippen LogP contribution in [0.1, 0.15) is 6.92 Å². The molecule has 0 unspecified atom stereocenters. The molecule has 0 N–H and O–H groups in total. The minimum absolute atomic E-state index is 0.149. The Balaban J connectivity index is 2.00. The molecule has 0 atom stereocenters. The van der Waals surface area contributed by atoms with Gasteiger partial charge in [0.2, 0.25) is 0 Å². The molecule has 3 heterocycles. The number of amides is 1. The van der Waals surface area contributed by atoms with Crippen LogP contribution < -0.4 is 24.4 Å². The van der Waals surface area contributed by atoms with Gasteiger partial charge in [0.25, 0.3) is 11.5 Å². The summed E-state index contributed by atoms with van der Waals surface area (Å²) in [7, 11) is 5.33. The predicted molar refractivity (Wildman–Crippen MR) is 130 cm³/mol. The Morgan fingerprint density at radius 2 is 1.97 bits per heavy atom. The molecular weight excluding hydrogens is 452 g/mol. The van der Waals surface area contributed by atoms with Crippen LogP contribution in [0.15, 0.2) is 40.5 Å². The van der Waals surface area contributed by atoms with E-state index in [2.05, 4.69) is 6.58 Å². The lowest BCUT2D eigenvalue weighted by Gasteiger charge is -2.13. The van der Waals surface area contributed by atoms with Crippen LogP contribution in [-0.2, 0) is 11.3 Å². The fraction of sp³-hybridized carbons (Fsp3) is 0.286. The Kier molecular flexibility index (Phi) is 5.71. The molecule has 10 heteroatoms. The summed E-state index contributed by atoms with van der Waals surface area (Å²) < 4.78 is 8.10. The van der Waals surface area contributed by atoms with Crippen LogP contribution in [0.25, 0.3) is 10.7 Å². The molecule has 162 valence electrons. The number of thiocarbonyl (C=S) groups is 1. The van der Waals surface area contributed by atoms with Crippen LogP contribution in [0.4, 0.5) is 5.69 Å². The van der Waals surface area contributed by atoms with E-state index >= 15 is 0 Å². The maximum atomic E-state index is 13.4. The molecular formula is C21H22N4O3S3. The summed E-state index contributed by atoms with van der Waals surface area (Å²) in [5.74, 6) is 0.574. The highest BCUT2D eigenvalue weighted by Crippen LogP contribution is 2.46. The lowest BCUT2D eigenvalue weighted by molar-refractivity contribution is -0.120. The lowest BCUT2D eigenvalue weighted by atomic mass is 10.3. The summed E-state index contributed by atoms with van der Waals surface area (Å²) in [5, 5.41) is 1.26. The number of hydrogen-bond acceptors (Lipinski definition) is 7. The van der Waals surface area contributed by atoms with Crippen molar-refractivity contribution in [2.75, 3.05) is 32.6 Å². The molecule has 0 spiro atoms. The van der Waals surface area contributed by atoms with Crippen molar-refractivity contribution >= 4 is 62.7 Å². The van der Waals surface area contributed by atoms with Crippen LogP contribution in [0.5, 0.6) is 5.75 Å². The van der Waals surface area contributed by atoms with Crippen LogP contribution in [-0.4, -0.2) is 53.1 Å². The van der Waals surface area contributed by atoms with Gasteiger partial charge in [-0.3, -0.25) is 19.1 Å². The Labute approximate surface area is 193 Å². The molecule has 1 saturated heterocycles. The quantitative estimate of drug-likeness (QED) is 0.493. The third-order valence-electron chi connectivity index (χ3n) is 5.25. The highest BCUT2D eigenvalue weighted by atomic mass is 32.2. The summed E-state index contributed by atoms with van der Waals surface area (Å²) in [6.45, 7) is 6.44. The standard InChI is InChI=1S/C21H22N4O3S3/c1-6-10-25-18(27)16(20-22(3)13-9-8-12(28-5)11-14(13)30-20)31-19(25)15-17(26)24(7-2)21(29)23(15)4/h6,8-9,11H,1,7,10H2,2-5H3/b19-15+,20-16-. The highest BCUT2D eigenvalue weighted by Gasteiger charge is 2.37. The Bertz CT molecular complexity index is 1290. The number of carbonyl (C=O) groups is 1. The summed E-state index contributed by atoms with van der Waals surface area (Å²) >= 11 is 8.27. The second kappa shape index (κ2) is 8.18. The molecule has 1 aromatic carbocycles. The molecule has 0 bridgehead atoms. The molecule has 2 aliphatic rings. The van der Waals surface area contributed by atoms with E-state index < -0.39 is 0 Å². The second-order valence-electron chi connectivity index (χ2n) is 6.98. The SMILES string of the molecule is C=CCn1c(=O)/c(=C2/Sc3cc(OC)ccc3N2C)s/c1=C1\C(=O)N(CC)C(=S)N1C. The monoisotopic (exact) mass is 474 g/mol. The molecule has 2 aromatic rings. The first-order valence-corrected chi connectivity index (χ1v) is 11.7. The average Bonchev–Trinajstić information content (AvgIpc) is 3.32. The Hall–Kier alpha value is -2.56. The van der Waals surface area contributed by atoms with Crippen molar-refractivity contribution in [3.05, 3.63) is 50.4 Å². The number of thioether (sulfide) groups is 1. The number of thiazole rings is 1. The van der Waals surface area contributed by atoms with Gasteiger partial charge in [-0.05, 0) is 37.3 Å². The zero-order valence-corrected chi connectivity index (χ0v) is 20.1. The Morgan fingerprint density at radius 1 is 1.23 bits per heavy atom. The minimum Gasteiger partial charge on any atom is -0.497 e. The number of ether oxygens (including phenoxy) is 1. The average molecular weight is 475 g/mol. The number of likely N-dealkylation sites (N-methyl/N-ethyl adjacent to an activating group) is 2. The number of nitrogens with zero attached hydrogens (tertiary/aromatic N) is 4. The number of hydrogen-bond donors (Lipinski definition) is 0. The van der Waals surface area contributed by atoms with E-state index in [4.69, 9.17) is 17.0 Å². The van der Waals surface area contributed by atoms with Crippen molar-refractivity contribution in [2.24, 2.45) is 0 Å². The number of carbonyl (C=O) groups excluding carboxylic acids is 1. The molecule has 2 aliphatic heterocycles. The van der Waals surface area contributed by atoms with Crippen molar-refractivity contribution in [3.63, 3.8) is 0 Å². The summed E-state index contributed by atoms with van der Waals surface area (Å²) in [4.78, 5) is 32.7. The summed E-state index contributed by atoms with van der Waals surface area (Å²) in [6, 6.07) is 5.84. The number of benzene rings is 1. The molecule has 1 amide bonds. The molecule has 0 aliphatic carbocycles. The molecule has 31 heavy (non-hydrogen) atoms. The van der Waals surface area contributed by atoms with Gasteiger partial charge in [-0.2, -0.15) is 0 Å². The molecule has 7 nitrogen and oxygen atoms in total. The number of methoxy groups -OCH3 is 1. The zero-order chi connectivity index (χ0) is 22.4. The van der Waals surface area contributed by atoms with Gasteiger partial charge in [0.05, 0.1) is 12.8 Å². The molecule has 4 rings (SSSR count). The van der Waals surface area contributed by atoms with Crippen molar-refractivity contribution in [3.8, 4) is 5.75 Å².